The highest BCUT2D eigenvalue weighted by Crippen LogP contribution is 2.50. The van der Waals surface area contributed by atoms with Gasteiger partial charge in [-0.2, -0.15) is 0 Å². The molecule has 0 amide bonds. The molecule has 3 aromatic carbocycles. The van der Waals surface area contributed by atoms with Gasteiger partial charge in [0, 0.05) is 0 Å². The van der Waals surface area contributed by atoms with Crippen LogP contribution in [0.15, 0.2) is 146 Å². The van der Waals surface area contributed by atoms with E-state index in [1.165, 1.54) is 64.3 Å². The highest BCUT2D eigenvalue weighted by atomic mass is 14.5. The van der Waals surface area contributed by atoms with Crippen LogP contribution in [0.5, 0.6) is 0 Å². The average Bonchev–Trinajstić information content (AvgIpc) is 3.53. The van der Waals surface area contributed by atoms with Gasteiger partial charge in [-0.15, -0.1) is 0 Å². The van der Waals surface area contributed by atoms with Crippen LogP contribution in [0.3, 0.4) is 0 Å². The molecule has 0 aromatic heterocycles. The van der Waals surface area contributed by atoms with Crippen molar-refractivity contribution in [1.82, 2.24) is 0 Å². The van der Waals surface area contributed by atoms with Gasteiger partial charge in [0.05, 0.1) is 0 Å². The summed E-state index contributed by atoms with van der Waals surface area (Å²) in [6.07, 6.45) is 39.9. The van der Waals surface area contributed by atoms with Crippen molar-refractivity contribution >= 4 is 16.3 Å². The van der Waals surface area contributed by atoms with Crippen LogP contribution in [0.2, 0.25) is 0 Å². The molecule has 0 unspecified atom stereocenters. The third-order valence-electron chi connectivity index (χ3n) is 8.83. The number of hydrogen-bond acceptors (Lipinski definition) is 1. The minimum atomic E-state index is 0.186. The van der Waals surface area contributed by atoms with Crippen molar-refractivity contribution < 1.29 is 0 Å². The van der Waals surface area contributed by atoms with E-state index >= 15 is 0 Å². The minimum absolute atomic E-state index is 0.186. The van der Waals surface area contributed by atoms with Crippen LogP contribution in [0, 0.1) is 0 Å². The van der Waals surface area contributed by atoms with Crippen LogP contribution in [-0.2, 0) is 11.8 Å². The molecule has 0 atom stereocenters. The van der Waals surface area contributed by atoms with Gasteiger partial charge >= 0.3 is 0 Å². The largest absolute Gasteiger partial charge is 0.405 e. The standard InChI is InChI=1S/C42H45N/c1-34-21-13-12-17-29-42(30-18-19-31-42)39-33-37-23-15-16-24-38(37)41(40(34)39)36-27-25-35(26-28-36)22-14-10-8-6-4-2-3-5-7-9-11-20-32-43/h2,4-8,10,12-17,20-21,23-28,32-33H,1,3,9,11,18-19,22,29-31,43H2/b4-2+,7-5+,8-6-,14-10-,17-12-,21-13-,32-20-. The Labute approximate surface area is 258 Å². The lowest BCUT2D eigenvalue weighted by atomic mass is 9.71. The number of benzene rings is 3. The van der Waals surface area contributed by atoms with Gasteiger partial charge in [0.15, 0.2) is 0 Å². The van der Waals surface area contributed by atoms with Crippen LogP contribution < -0.4 is 5.73 Å². The Morgan fingerprint density at radius 1 is 0.767 bits per heavy atom. The molecule has 43 heavy (non-hydrogen) atoms. The fourth-order valence-corrected chi connectivity index (χ4v) is 6.62. The van der Waals surface area contributed by atoms with Gasteiger partial charge in [0.25, 0.3) is 0 Å². The fourth-order valence-electron chi connectivity index (χ4n) is 6.62. The van der Waals surface area contributed by atoms with E-state index in [1.54, 1.807) is 6.20 Å². The van der Waals surface area contributed by atoms with Crippen LogP contribution >= 0.6 is 0 Å². The van der Waals surface area contributed by atoms with E-state index in [0.717, 1.165) is 37.7 Å². The molecular formula is C42H45N. The van der Waals surface area contributed by atoms with E-state index in [0.29, 0.717) is 0 Å². The van der Waals surface area contributed by atoms with E-state index in [1.807, 2.05) is 6.08 Å². The van der Waals surface area contributed by atoms with Crippen molar-refractivity contribution in [3.8, 4) is 11.1 Å². The fraction of sp³-hybridized carbons (Fsp3) is 0.238. The molecule has 2 aliphatic carbocycles. The lowest BCUT2D eigenvalue weighted by molar-refractivity contribution is 0.446. The van der Waals surface area contributed by atoms with Crippen molar-refractivity contribution in [2.75, 3.05) is 0 Å². The molecule has 1 nitrogen and oxygen atoms in total. The molecule has 3 aromatic rings. The molecule has 5 rings (SSSR count). The summed E-state index contributed by atoms with van der Waals surface area (Å²) in [5.41, 5.74) is 13.4. The number of unbranched alkanes of at least 4 members (excludes halogenated alkanes) is 1. The van der Waals surface area contributed by atoms with Crippen LogP contribution in [0.4, 0.5) is 0 Å². The Bertz CT molecular complexity index is 1590. The number of allylic oxidation sites excluding steroid dienone is 14. The van der Waals surface area contributed by atoms with Crippen molar-refractivity contribution in [3.63, 3.8) is 0 Å². The van der Waals surface area contributed by atoms with Gasteiger partial charge < -0.3 is 5.73 Å². The number of nitrogens with two attached hydrogens (primary N) is 1. The van der Waals surface area contributed by atoms with E-state index < -0.39 is 0 Å². The SMILES string of the molecule is C=C1/C=C\C=C/CC2(CCCC2)c2cc3ccccc3c(-c3ccc(C\C=C/C=C\C=C\C/C=C/CC/C=C\N)cc3)c21. The Morgan fingerprint density at radius 2 is 1.53 bits per heavy atom. The Morgan fingerprint density at radius 3 is 2.35 bits per heavy atom. The maximum atomic E-state index is 5.36. The first-order chi connectivity index (χ1) is 21.2. The summed E-state index contributed by atoms with van der Waals surface area (Å²) < 4.78 is 0. The van der Waals surface area contributed by atoms with Crippen molar-refractivity contribution in [2.45, 2.75) is 63.2 Å². The lowest BCUT2D eigenvalue weighted by Gasteiger charge is -2.33. The van der Waals surface area contributed by atoms with Crippen LogP contribution in [0.1, 0.15) is 68.1 Å². The number of rotatable bonds is 10. The van der Waals surface area contributed by atoms with Gasteiger partial charge in [-0.1, -0.05) is 147 Å². The summed E-state index contributed by atoms with van der Waals surface area (Å²) in [5, 5.41) is 2.63. The van der Waals surface area contributed by atoms with Gasteiger partial charge in [-0.25, -0.2) is 0 Å². The summed E-state index contributed by atoms with van der Waals surface area (Å²) in [5.74, 6) is 0. The zero-order valence-electron chi connectivity index (χ0n) is 25.4. The van der Waals surface area contributed by atoms with E-state index in [2.05, 4.69) is 134 Å². The second-order valence-electron chi connectivity index (χ2n) is 11.8. The quantitative estimate of drug-likeness (QED) is 0.148. The smallest absolute Gasteiger partial charge is 0.000585 e. The second kappa shape index (κ2) is 15.2. The van der Waals surface area contributed by atoms with Crippen molar-refractivity contribution in [1.29, 1.82) is 0 Å². The molecule has 1 saturated carbocycles. The normalized spacial score (nSPS) is 18.4. The molecule has 1 fully saturated rings. The molecule has 0 aliphatic heterocycles. The predicted molar refractivity (Wildman–Crippen MR) is 189 cm³/mol. The lowest BCUT2D eigenvalue weighted by Crippen LogP contribution is -2.23. The number of hydrogen-bond donors (Lipinski definition) is 1. The summed E-state index contributed by atoms with van der Waals surface area (Å²) >= 11 is 0. The summed E-state index contributed by atoms with van der Waals surface area (Å²) in [6.45, 7) is 4.61. The molecule has 1 spiro atoms. The van der Waals surface area contributed by atoms with Crippen LogP contribution in [0.25, 0.3) is 27.5 Å². The topological polar surface area (TPSA) is 26.0 Å². The first-order valence-electron chi connectivity index (χ1n) is 15.9. The molecule has 0 heterocycles. The van der Waals surface area contributed by atoms with E-state index in [9.17, 15) is 0 Å². The Balaban J connectivity index is 1.34. The molecular weight excluding hydrogens is 518 g/mol. The molecule has 0 bridgehead atoms. The molecule has 0 radical (unpaired) electrons. The zero-order chi connectivity index (χ0) is 29.7. The maximum absolute atomic E-state index is 5.36. The molecule has 1 heteroatoms. The van der Waals surface area contributed by atoms with Gasteiger partial charge in [0.1, 0.15) is 0 Å². The Hall–Kier alpha value is -4.36. The average molecular weight is 564 g/mol. The van der Waals surface area contributed by atoms with E-state index in [4.69, 9.17) is 5.73 Å². The molecule has 2 aliphatic rings. The third-order valence-corrected chi connectivity index (χ3v) is 8.83. The first-order valence-corrected chi connectivity index (χ1v) is 15.9. The minimum Gasteiger partial charge on any atom is -0.405 e. The van der Waals surface area contributed by atoms with E-state index in [-0.39, 0.29) is 5.41 Å². The zero-order valence-corrected chi connectivity index (χ0v) is 25.4. The van der Waals surface area contributed by atoms with Crippen LogP contribution in [-0.4, -0.2) is 0 Å². The summed E-state index contributed by atoms with van der Waals surface area (Å²) in [4.78, 5) is 0. The van der Waals surface area contributed by atoms with Gasteiger partial charge in [0.2, 0.25) is 0 Å². The van der Waals surface area contributed by atoms with Gasteiger partial charge in [-0.3, -0.25) is 0 Å². The van der Waals surface area contributed by atoms with Crippen molar-refractivity contribution in [2.24, 2.45) is 5.73 Å². The number of fused-ring (bicyclic) bond motifs is 3. The summed E-state index contributed by atoms with van der Waals surface area (Å²) in [6, 6.07) is 20.6. The Kier molecular flexibility index (Phi) is 10.6. The van der Waals surface area contributed by atoms with Crippen molar-refractivity contribution in [3.05, 3.63) is 163 Å². The van der Waals surface area contributed by atoms with Gasteiger partial charge in [-0.05, 0) is 107 Å². The first kappa shape index (κ1) is 30.1. The summed E-state index contributed by atoms with van der Waals surface area (Å²) in [7, 11) is 0. The molecule has 2 N–H and O–H groups in total. The third kappa shape index (κ3) is 7.54. The predicted octanol–water partition coefficient (Wildman–Crippen LogP) is 11.3. The molecule has 0 saturated heterocycles. The highest BCUT2D eigenvalue weighted by molar-refractivity contribution is 6.04. The second-order valence-corrected chi connectivity index (χ2v) is 11.8. The monoisotopic (exact) mass is 563 g/mol. The maximum Gasteiger partial charge on any atom is -0.000585 e. The highest BCUT2D eigenvalue weighted by Gasteiger charge is 2.38. The molecule has 218 valence electrons.